The summed E-state index contributed by atoms with van der Waals surface area (Å²) in [6.07, 6.45) is 2.24. The van der Waals surface area contributed by atoms with E-state index in [0.717, 1.165) is 18.6 Å². The minimum atomic E-state index is -1.06. The average molecular weight is 329 g/mol. The highest BCUT2D eigenvalue weighted by Gasteiger charge is 2.29. The van der Waals surface area contributed by atoms with Gasteiger partial charge in [0.15, 0.2) is 0 Å². The van der Waals surface area contributed by atoms with Crippen LogP contribution >= 0.6 is 23.4 Å². The molecule has 1 heterocycles. The molecule has 1 saturated heterocycles. The van der Waals surface area contributed by atoms with Crippen LogP contribution in [-0.2, 0) is 0 Å². The smallest absolute Gasteiger partial charge is 0.335 e. The number of halogens is 1. The van der Waals surface area contributed by atoms with Gasteiger partial charge >= 0.3 is 12.0 Å². The molecule has 0 spiro atoms. The Morgan fingerprint density at radius 3 is 2.86 bits per heavy atom. The first kappa shape index (κ1) is 16.0. The molecule has 7 heteroatoms. The van der Waals surface area contributed by atoms with Crippen LogP contribution in [0.1, 0.15) is 30.1 Å². The second-order valence-corrected chi connectivity index (χ2v) is 7.30. The number of benzene rings is 1. The lowest BCUT2D eigenvalue weighted by Gasteiger charge is -2.23. The van der Waals surface area contributed by atoms with Crippen molar-refractivity contribution >= 4 is 41.1 Å². The zero-order valence-electron chi connectivity index (χ0n) is 11.6. The Bertz CT molecular complexity index is 559. The largest absolute Gasteiger partial charge is 0.478 e. The molecule has 1 aromatic carbocycles. The predicted molar refractivity (Wildman–Crippen MR) is 85.5 cm³/mol. The summed E-state index contributed by atoms with van der Waals surface area (Å²) in [6.45, 7) is 2.70. The Hall–Kier alpha value is -1.40. The van der Waals surface area contributed by atoms with E-state index in [4.69, 9.17) is 16.7 Å². The van der Waals surface area contributed by atoms with Crippen LogP contribution in [0.25, 0.3) is 0 Å². The van der Waals surface area contributed by atoms with Gasteiger partial charge in [-0.15, -0.1) is 0 Å². The van der Waals surface area contributed by atoms with Crippen molar-refractivity contribution in [2.75, 3.05) is 17.6 Å². The van der Waals surface area contributed by atoms with Gasteiger partial charge in [-0.25, -0.2) is 9.59 Å². The lowest BCUT2D eigenvalue weighted by molar-refractivity contribution is 0.0697. The maximum atomic E-state index is 11.9. The van der Waals surface area contributed by atoms with Crippen molar-refractivity contribution in [2.45, 2.75) is 24.5 Å². The molecule has 3 N–H and O–H groups in total. The Kier molecular flexibility index (Phi) is 5.00. The minimum Gasteiger partial charge on any atom is -0.478 e. The van der Waals surface area contributed by atoms with Crippen molar-refractivity contribution in [3.63, 3.8) is 0 Å². The maximum absolute atomic E-state index is 11.9. The molecule has 2 amide bonds. The van der Waals surface area contributed by atoms with Gasteiger partial charge in [-0.05, 0) is 43.7 Å². The molecule has 1 fully saturated rings. The Morgan fingerprint density at radius 1 is 1.48 bits per heavy atom. The molecular formula is C14H17ClN2O3S. The topological polar surface area (TPSA) is 78.4 Å². The van der Waals surface area contributed by atoms with Crippen LogP contribution in [0.2, 0.25) is 5.02 Å². The van der Waals surface area contributed by atoms with Gasteiger partial charge < -0.3 is 15.7 Å². The summed E-state index contributed by atoms with van der Waals surface area (Å²) in [6, 6.07) is 3.81. The quantitative estimate of drug-likeness (QED) is 0.791. The Morgan fingerprint density at radius 2 is 2.24 bits per heavy atom. The molecule has 0 radical (unpaired) electrons. The van der Waals surface area contributed by atoms with Gasteiger partial charge in [0, 0.05) is 11.3 Å². The van der Waals surface area contributed by atoms with Crippen LogP contribution in [0, 0.1) is 0 Å². The number of carbonyl (C=O) groups is 2. The first-order chi connectivity index (χ1) is 9.89. The number of hydrogen-bond acceptors (Lipinski definition) is 3. The van der Waals surface area contributed by atoms with Crippen molar-refractivity contribution in [1.29, 1.82) is 0 Å². The normalized spacial score (nSPS) is 21.0. The molecule has 0 aromatic heterocycles. The third-order valence-corrected chi connectivity index (χ3v) is 5.25. The number of carboxylic acid groups (broad SMARTS) is 1. The van der Waals surface area contributed by atoms with Gasteiger partial charge in [-0.1, -0.05) is 11.6 Å². The van der Waals surface area contributed by atoms with Gasteiger partial charge in [0.1, 0.15) is 0 Å². The molecule has 21 heavy (non-hydrogen) atoms. The molecule has 1 aromatic rings. The third kappa shape index (κ3) is 4.28. The van der Waals surface area contributed by atoms with E-state index < -0.39 is 5.97 Å². The molecule has 5 nitrogen and oxygen atoms in total. The van der Waals surface area contributed by atoms with E-state index in [1.807, 2.05) is 11.8 Å². The fraction of sp³-hybridized carbons (Fsp3) is 0.429. The maximum Gasteiger partial charge on any atom is 0.335 e. The van der Waals surface area contributed by atoms with E-state index in [0.29, 0.717) is 17.3 Å². The SMILES string of the molecule is CC1(CNC(=O)Nc2cc(C(=O)O)ccc2Cl)CCCS1. The summed E-state index contributed by atoms with van der Waals surface area (Å²) in [4.78, 5) is 22.8. The summed E-state index contributed by atoms with van der Waals surface area (Å²) >= 11 is 7.82. The molecular weight excluding hydrogens is 312 g/mol. The summed E-state index contributed by atoms with van der Waals surface area (Å²) in [5.41, 5.74) is 0.367. The van der Waals surface area contributed by atoms with Crippen molar-refractivity contribution in [3.05, 3.63) is 28.8 Å². The number of carboxylic acids is 1. The first-order valence-corrected chi connectivity index (χ1v) is 7.98. The van der Waals surface area contributed by atoms with E-state index in [-0.39, 0.29) is 16.3 Å². The molecule has 114 valence electrons. The van der Waals surface area contributed by atoms with Crippen LogP contribution in [-0.4, -0.2) is 34.2 Å². The fourth-order valence-corrected chi connectivity index (χ4v) is 3.57. The van der Waals surface area contributed by atoms with E-state index in [2.05, 4.69) is 17.6 Å². The van der Waals surface area contributed by atoms with Crippen LogP contribution in [0.5, 0.6) is 0 Å². The summed E-state index contributed by atoms with van der Waals surface area (Å²) in [7, 11) is 0. The lowest BCUT2D eigenvalue weighted by Crippen LogP contribution is -2.39. The average Bonchev–Trinajstić information content (AvgIpc) is 2.86. The van der Waals surface area contributed by atoms with E-state index in [1.165, 1.54) is 18.2 Å². The van der Waals surface area contributed by atoms with Crippen molar-refractivity contribution in [3.8, 4) is 0 Å². The summed E-state index contributed by atoms with van der Waals surface area (Å²) < 4.78 is 0.0735. The molecule has 1 aliphatic rings. The van der Waals surface area contributed by atoms with Crippen LogP contribution in [0.4, 0.5) is 10.5 Å². The number of aromatic carboxylic acids is 1. The zero-order chi connectivity index (χ0) is 15.5. The van der Waals surface area contributed by atoms with Crippen LogP contribution < -0.4 is 10.6 Å². The fourth-order valence-electron chi connectivity index (χ4n) is 2.16. The van der Waals surface area contributed by atoms with Crippen LogP contribution in [0.3, 0.4) is 0 Å². The lowest BCUT2D eigenvalue weighted by atomic mass is 10.1. The van der Waals surface area contributed by atoms with Crippen LogP contribution in [0.15, 0.2) is 18.2 Å². The molecule has 0 saturated carbocycles. The van der Waals surface area contributed by atoms with Crippen molar-refractivity contribution in [2.24, 2.45) is 0 Å². The van der Waals surface area contributed by atoms with Gasteiger partial charge in [0.05, 0.1) is 16.3 Å². The van der Waals surface area contributed by atoms with E-state index in [9.17, 15) is 9.59 Å². The predicted octanol–water partition coefficient (Wildman–Crippen LogP) is 3.45. The molecule has 0 aliphatic carbocycles. The number of thioether (sulfide) groups is 1. The molecule has 0 bridgehead atoms. The number of rotatable bonds is 4. The summed E-state index contributed by atoms with van der Waals surface area (Å²) in [5.74, 6) is 0.0525. The van der Waals surface area contributed by atoms with Gasteiger partial charge in [0.25, 0.3) is 0 Å². The molecule has 1 atom stereocenters. The number of carbonyl (C=O) groups excluding carboxylic acids is 1. The summed E-state index contributed by atoms with van der Waals surface area (Å²) in [5, 5.41) is 14.6. The van der Waals surface area contributed by atoms with E-state index >= 15 is 0 Å². The standard InChI is InChI=1S/C14H17ClN2O3S/c1-14(5-2-6-21-14)8-16-13(20)17-11-7-9(12(18)19)3-4-10(11)15/h3-4,7H,2,5-6,8H2,1H3,(H,18,19)(H2,16,17,20). The van der Waals surface area contributed by atoms with Gasteiger partial charge in [0.2, 0.25) is 0 Å². The number of anilines is 1. The van der Waals surface area contributed by atoms with Gasteiger partial charge in [-0.2, -0.15) is 11.8 Å². The number of amides is 2. The highest BCUT2D eigenvalue weighted by atomic mass is 35.5. The number of urea groups is 1. The second-order valence-electron chi connectivity index (χ2n) is 5.21. The minimum absolute atomic E-state index is 0.0735. The Balaban J connectivity index is 1.96. The van der Waals surface area contributed by atoms with Crippen molar-refractivity contribution in [1.82, 2.24) is 5.32 Å². The highest BCUT2D eigenvalue weighted by Crippen LogP contribution is 2.36. The van der Waals surface area contributed by atoms with Gasteiger partial charge in [-0.3, -0.25) is 0 Å². The molecule has 2 rings (SSSR count). The number of nitrogens with one attached hydrogen (secondary N) is 2. The molecule has 1 unspecified atom stereocenters. The highest BCUT2D eigenvalue weighted by molar-refractivity contribution is 8.00. The zero-order valence-corrected chi connectivity index (χ0v) is 13.2. The molecule has 1 aliphatic heterocycles. The van der Waals surface area contributed by atoms with E-state index in [1.54, 1.807) is 0 Å². The second kappa shape index (κ2) is 6.58. The number of hydrogen-bond donors (Lipinski definition) is 3. The Labute approximate surface area is 132 Å². The monoisotopic (exact) mass is 328 g/mol. The van der Waals surface area contributed by atoms with Crippen molar-refractivity contribution < 1.29 is 14.7 Å². The first-order valence-electron chi connectivity index (χ1n) is 6.61. The third-order valence-electron chi connectivity index (χ3n) is 3.38.